The zero-order chi connectivity index (χ0) is 16.1. The van der Waals surface area contributed by atoms with E-state index in [0.29, 0.717) is 22.2 Å². The number of aryl methyl sites for hydroxylation is 1. The fraction of sp³-hybridized carbons (Fsp3) is 0.231. The van der Waals surface area contributed by atoms with Crippen LogP contribution in [0.5, 0.6) is 0 Å². The molecule has 1 heterocycles. The standard InChI is InChI=1S/C13H15N5O3S/c1-8-16-17-13(18(8)14)22-7-11(19)15-10-5-3-9(4-6-10)12(20)21-2/h3-6H,7,14H2,1-2H3,(H,15,19). The number of thioether (sulfide) groups is 1. The number of ether oxygens (including phenoxy) is 1. The number of amides is 1. The highest BCUT2D eigenvalue weighted by atomic mass is 32.2. The molecule has 0 aliphatic rings. The summed E-state index contributed by atoms with van der Waals surface area (Å²) >= 11 is 1.19. The van der Waals surface area contributed by atoms with E-state index in [9.17, 15) is 9.59 Å². The molecule has 0 saturated heterocycles. The van der Waals surface area contributed by atoms with E-state index in [0.717, 1.165) is 0 Å². The van der Waals surface area contributed by atoms with Crippen LogP contribution in [0.2, 0.25) is 0 Å². The number of rotatable bonds is 5. The molecule has 0 radical (unpaired) electrons. The summed E-state index contributed by atoms with van der Waals surface area (Å²) in [4.78, 5) is 23.2. The third kappa shape index (κ3) is 3.76. The second-order valence-corrected chi connectivity index (χ2v) is 5.25. The Labute approximate surface area is 131 Å². The smallest absolute Gasteiger partial charge is 0.337 e. The lowest BCUT2D eigenvalue weighted by Gasteiger charge is -2.06. The van der Waals surface area contributed by atoms with E-state index in [4.69, 9.17) is 5.84 Å². The van der Waals surface area contributed by atoms with Crippen LogP contribution in [0.3, 0.4) is 0 Å². The van der Waals surface area contributed by atoms with Crippen LogP contribution >= 0.6 is 11.8 Å². The van der Waals surface area contributed by atoms with Gasteiger partial charge in [0.05, 0.1) is 18.4 Å². The van der Waals surface area contributed by atoms with Crippen LogP contribution in [0.1, 0.15) is 16.2 Å². The maximum atomic E-state index is 11.9. The third-order valence-corrected chi connectivity index (χ3v) is 3.70. The average molecular weight is 321 g/mol. The summed E-state index contributed by atoms with van der Waals surface area (Å²) in [7, 11) is 1.31. The van der Waals surface area contributed by atoms with E-state index in [1.54, 1.807) is 31.2 Å². The Morgan fingerprint density at radius 3 is 2.55 bits per heavy atom. The fourth-order valence-corrected chi connectivity index (χ4v) is 2.29. The summed E-state index contributed by atoms with van der Waals surface area (Å²) in [6, 6.07) is 6.41. The molecule has 116 valence electrons. The Morgan fingerprint density at radius 2 is 2.00 bits per heavy atom. The zero-order valence-electron chi connectivity index (χ0n) is 12.1. The molecular weight excluding hydrogens is 306 g/mol. The molecule has 2 aromatic rings. The quantitative estimate of drug-likeness (QED) is 0.476. The first kappa shape index (κ1) is 15.8. The molecule has 3 N–H and O–H groups in total. The number of carbonyl (C=O) groups is 2. The van der Waals surface area contributed by atoms with Gasteiger partial charge in [-0.1, -0.05) is 11.8 Å². The van der Waals surface area contributed by atoms with Crippen LogP contribution in [0.15, 0.2) is 29.4 Å². The topological polar surface area (TPSA) is 112 Å². The number of hydrogen-bond acceptors (Lipinski definition) is 7. The molecule has 0 aliphatic heterocycles. The third-order valence-electron chi connectivity index (χ3n) is 2.76. The van der Waals surface area contributed by atoms with Crippen molar-refractivity contribution in [2.45, 2.75) is 12.1 Å². The molecule has 0 aliphatic carbocycles. The van der Waals surface area contributed by atoms with E-state index < -0.39 is 5.97 Å². The summed E-state index contributed by atoms with van der Waals surface area (Å²) in [6.45, 7) is 1.72. The predicted octanol–water partition coefficient (Wildman–Crippen LogP) is 0.818. The van der Waals surface area contributed by atoms with E-state index in [1.807, 2.05) is 0 Å². The molecule has 0 bridgehead atoms. The summed E-state index contributed by atoms with van der Waals surface area (Å²) in [5, 5.41) is 10.8. The second kappa shape index (κ2) is 6.94. The van der Waals surface area contributed by atoms with E-state index in [-0.39, 0.29) is 11.7 Å². The number of nitrogen functional groups attached to an aromatic ring is 1. The summed E-state index contributed by atoms with van der Waals surface area (Å²) in [5.41, 5.74) is 1.00. The van der Waals surface area contributed by atoms with Crippen molar-refractivity contribution in [3.8, 4) is 0 Å². The Kier molecular flexibility index (Phi) is 4.99. The first-order chi connectivity index (χ1) is 10.5. The first-order valence-corrected chi connectivity index (χ1v) is 7.28. The highest BCUT2D eigenvalue weighted by Gasteiger charge is 2.10. The van der Waals surface area contributed by atoms with Gasteiger partial charge in [-0.05, 0) is 31.2 Å². The predicted molar refractivity (Wildman–Crippen MR) is 82.0 cm³/mol. The van der Waals surface area contributed by atoms with E-state index >= 15 is 0 Å². The molecule has 0 atom stereocenters. The van der Waals surface area contributed by atoms with Crippen LogP contribution in [0.4, 0.5) is 5.69 Å². The maximum Gasteiger partial charge on any atom is 0.337 e. The van der Waals surface area contributed by atoms with Gasteiger partial charge in [0.15, 0.2) is 0 Å². The van der Waals surface area contributed by atoms with Crippen molar-refractivity contribution in [3.05, 3.63) is 35.7 Å². The van der Waals surface area contributed by atoms with Gasteiger partial charge in [-0.15, -0.1) is 10.2 Å². The Bertz CT molecular complexity index is 683. The van der Waals surface area contributed by atoms with Crippen LogP contribution in [0, 0.1) is 6.92 Å². The number of esters is 1. The van der Waals surface area contributed by atoms with Crippen molar-refractivity contribution in [2.24, 2.45) is 0 Å². The summed E-state index contributed by atoms with van der Waals surface area (Å²) in [6.07, 6.45) is 0. The lowest BCUT2D eigenvalue weighted by Crippen LogP contribution is -2.16. The van der Waals surface area contributed by atoms with Crippen LogP contribution < -0.4 is 11.2 Å². The number of carbonyl (C=O) groups excluding carboxylic acids is 2. The Hall–Kier alpha value is -2.55. The molecule has 0 unspecified atom stereocenters. The Morgan fingerprint density at radius 1 is 1.32 bits per heavy atom. The monoisotopic (exact) mass is 321 g/mol. The molecule has 0 saturated carbocycles. The van der Waals surface area contributed by atoms with Gasteiger partial charge >= 0.3 is 5.97 Å². The number of nitrogens with one attached hydrogen (secondary N) is 1. The van der Waals surface area contributed by atoms with Crippen LogP contribution in [0.25, 0.3) is 0 Å². The zero-order valence-corrected chi connectivity index (χ0v) is 12.9. The molecule has 9 heteroatoms. The summed E-state index contributed by atoms with van der Waals surface area (Å²) in [5.74, 6) is 5.78. The van der Waals surface area contributed by atoms with Gasteiger partial charge in [0.1, 0.15) is 5.82 Å². The van der Waals surface area contributed by atoms with Gasteiger partial charge in [0, 0.05) is 5.69 Å². The van der Waals surface area contributed by atoms with Crippen molar-refractivity contribution < 1.29 is 14.3 Å². The minimum Gasteiger partial charge on any atom is -0.465 e. The van der Waals surface area contributed by atoms with Crippen molar-refractivity contribution in [2.75, 3.05) is 24.0 Å². The maximum absolute atomic E-state index is 11.9. The highest BCUT2D eigenvalue weighted by Crippen LogP contribution is 2.15. The van der Waals surface area contributed by atoms with Gasteiger partial charge in [-0.2, -0.15) is 0 Å². The number of hydrogen-bond donors (Lipinski definition) is 2. The normalized spacial score (nSPS) is 10.3. The number of nitrogens with zero attached hydrogens (tertiary/aromatic N) is 3. The molecule has 1 amide bonds. The molecule has 22 heavy (non-hydrogen) atoms. The largest absolute Gasteiger partial charge is 0.465 e. The van der Waals surface area contributed by atoms with Gasteiger partial charge in [0.25, 0.3) is 0 Å². The summed E-state index contributed by atoms with van der Waals surface area (Å²) < 4.78 is 5.92. The lowest BCUT2D eigenvalue weighted by molar-refractivity contribution is -0.113. The van der Waals surface area contributed by atoms with Crippen molar-refractivity contribution in [1.82, 2.24) is 14.9 Å². The van der Waals surface area contributed by atoms with Crippen molar-refractivity contribution in [1.29, 1.82) is 0 Å². The highest BCUT2D eigenvalue weighted by molar-refractivity contribution is 7.99. The Balaban J connectivity index is 1.89. The number of aromatic nitrogens is 3. The van der Waals surface area contributed by atoms with Crippen LogP contribution in [-0.2, 0) is 9.53 Å². The number of methoxy groups -OCH3 is 1. The molecule has 0 spiro atoms. The van der Waals surface area contributed by atoms with Crippen molar-refractivity contribution in [3.63, 3.8) is 0 Å². The first-order valence-electron chi connectivity index (χ1n) is 6.29. The van der Waals surface area contributed by atoms with Gasteiger partial charge in [-0.25, -0.2) is 9.47 Å². The fourth-order valence-electron chi connectivity index (χ4n) is 1.58. The molecule has 0 fully saturated rings. The number of anilines is 1. The van der Waals surface area contributed by atoms with Crippen LogP contribution in [-0.4, -0.2) is 39.6 Å². The molecule has 8 nitrogen and oxygen atoms in total. The molecule has 1 aromatic heterocycles. The van der Waals surface area contributed by atoms with Gasteiger partial charge in [-0.3, -0.25) is 4.79 Å². The van der Waals surface area contributed by atoms with E-state index in [2.05, 4.69) is 20.3 Å². The average Bonchev–Trinajstić information content (AvgIpc) is 2.84. The molecule has 1 aromatic carbocycles. The SMILES string of the molecule is COC(=O)c1ccc(NC(=O)CSc2nnc(C)n2N)cc1. The van der Waals surface area contributed by atoms with Crippen molar-refractivity contribution >= 4 is 29.3 Å². The van der Waals surface area contributed by atoms with E-state index in [1.165, 1.54) is 23.5 Å². The minimum absolute atomic E-state index is 0.147. The minimum atomic E-state index is -0.425. The number of nitrogens with two attached hydrogens (primary N) is 1. The number of benzene rings is 1. The van der Waals surface area contributed by atoms with Gasteiger partial charge < -0.3 is 15.9 Å². The van der Waals surface area contributed by atoms with Gasteiger partial charge in [0.2, 0.25) is 11.1 Å². The second-order valence-electron chi connectivity index (χ2n) is 4.31. The molecule has 2 rings (SSSR count). The lowest BCUT2D eigenvalue weighted by atomic mass is 10.2. The molecular formula is C13H15N5O3S.